The van der Waals surface area contributed by atoms with E-state index in [4.69, 9.17) is 10.5 Å². The van der Waals surface area contributed by atoms with Gasteiger partial charge in [-0.15, -0.1) is 0 Å². The number of hydrogen-bond acceptors (Lipinski definition) is 7. The average Bonchev–Trinajstić information content (AvgIpc) is 3.14. The summed E-state index contributed by atoms with van der Waals surface area (Å²) in [5, 5.41) is 3.53. The molecule has 7 nitrogen and oxygen atoms in total. The number of nitrogen functional groups attached to an aromatic ring is 1. The fourth-order valence-electron chi connectivity index (χ4n) is 3.01. The fraction of sp³-hybridized carbons (Fsp3) is 0.692. The zero-order chi connectivity index (χ0) is 14.8. The second-order valence-electron chi connectivity index (χ2n) is 5.36. The molecule has 0 aliphatic carbocycles. The molecule has 0 bridgehead atoms. The van der Waals surface area contributed by atoms with Crippen molar-refractivity contribution in [2.45, 2.75) is 12.5 Å². The lowest BCUT2D eigenvalue weighted by Crippen LogP contribution is -2.44. The van der Waals surface area contributed by atoms with Crippen molar-refractivity contribution in [2.75, 3.05) is 57.1 Å². The summed E-state index contributed by atoms with van der Waals surface area (Å²) in [4.78, 5) is 16.7. The molecule has 0 radical (unpaired) electrons. The summed E-state index contributed by atoms with van der Waals surface area (Å²) in [6.07, 6.45) is 1.10. The number of anilines is 2. The van der Waals surface area contributed by atoms with Crippen molar-refractivity contribution in [1.29, 1.82) is 0 Å². The lowest BCUT2D eigenvalue weighted by molar-refractivity contribution is 0.0209. The smallest absolute Gasteiger partial charge is 0.257 e. The number of nitrogens with two attached hydrogens (primary N) is 1. The molecule has 0 aromatic carbocycles. The van der Waals surface area contributed by atoms with E-state index in [1.54, 1.807) is 7.05 Å². The molecule has 1 aromatic rings. The molecule has 0 saturated carbocycles. The number of morpholine rings is 1. The third-order valence-corrected chi connectivity index (χ3v) is 5.09. The van der Waals surface area contributed by atoms with Gasteiger partial charge in [-0.25, -0.2) is 0 Å². The van der Waals surface area contributed by atoms with Gasteiger partial charge in [-0.1, -0.05) is 0 Å². The molecule has 2 aliphatic heterocycles. The second kappa shape index (κ2) is 6.17. The lowest BCUT2D eigenvalue weighted by atomic mass is 10.2. The van der Waals surface area contributed by atoms with E-state index in [-0.39, 0.29) is 5.91 Å². The Morgan fingerprint density at radius 1 is 1.43 bits per heavy atom. The number of aromatic nitrogens is 1. The highest BCUT2D eigenvalue weighted by atomic mass is 32.1. The fourth-order valence-corrected chi connectivity index (χ4v) is 3.86. The molecule has 1 unspecified atom stereocenters. The maximum atomic E-state index is 12.0. The van der Waals surface area contributed by atoms with Gasteiger partial charge in [-0.2, -0.15) is 4.37 Å². The molecule has 2 aliphatic rings. The van der Waals surface area contributed by atoms with Gasteiger partial charge in [0.05, 0.1) is 13.2 Å². The molecule has 3 N–H and O–H groups in total. The van der Waals surface area contributed by atoms with Crippen LogP contribution in [0.25, 0.3) is 0 Å². The number of ether oxygens (including phenoxy) is 1. The van der Waals surface area contributed by atoms with Crippen molar-refractivity contribution < 1.29 is 9.53 Å². The largest absolute Gasteiger partial charge is 0.382 e. The highest BCUT2D eigenvalue weighted by molar-refractivity contribution is 7.11. The maximum absolute atomic E-state index is 12.0. The second-order valence-corrected chi connectivity index (χ2v) is 6.12. The van der Waals surface area contributed by atoms with E-state index in [0.717, 1.165) is 50.8 Å². The van der Waals surface area contributed by atoms with Crippen LogP contribution in [0.4, 0.5) is 10.8 Å². The van der Waals surface area contributed by atoms with Gasteiger partial charge >= 0.3 is 0 Å². The molecule has 1 amide bonds. The van der Waals surface area contributed by atoms with Crippen LogP contribution in [-0.4, -0.2) is 67.7 Å². The number of amides is 1. The van der Waals surface area contributed by atoms with E-state index >= 15 is 0 Å². The van der Waals surface area contributed by atoms with Crippen molar-refractivity contribution in [3.63, 3.8) is 0 Å². The molecule has 1 atom stereocenters. The Morgan fingerprint density at radius 2 is 2.19 bits per heavy atom. The first-order valence-corrected chi connectivity index (χ1v) is 8.02. The van der Waals surface area contributed by atoms with Gasteiger partial charge in [0.15, 0.2) is 5.82 Å². The van der Waals surface area contributed by atoms with Crippen LogP contribution in [-0.2, 0) is 4.74 Å². The van der Waals surface area contributed by atoms with Crippen LogP contribution in [0.2, 0.25) is 0 Å². The maximum Gasteiger partial charge on any atom is 0.257 e. The number of carbonyl (C=O) groups excluding carboxylic acids is 1. The van der Waals surface area contributed by atoms with Gasteiger partial charge in [0.2, 0.25) is 0 Å². The molecule has 0 spiro atoms. The molecule has 116 valence electrons. The van der Waals surface area contributed by atoms with Gasteiger partial charge in [0.25, 0.3) is 5.91 Å². The highest BCUT2D eigenvalue weighted by Crippen LogP contribution is 2.33. The van der Waals surface area contributed by atoms with Gasteiger partial charge in [0.1, 0.15) is 10.6 Å². The summed E-state index contributed by atoms with van der Waals surface area (Å²) in [6, 6.07) is 0.523. The molecule has 3 rings (SSSR count). The van der Waals surface area contributed by atoms with E-state index in [2.05, 4.69) is 19.5 Å². The van der Waals surface area contributed by atoms with Crippen LogP contribution in [0.3, 0.4) is 0 Å². The first-order valence-electron chi connectivity index (χ1n) is 7.24. The van der Waals surface area contributed by atoms with Crippen molar-refractivity contribution >= 4 is 28.3 Å². The van der Waals surface area contributed by atoms with Crippen molar-refractivity contribution in [3.8, 4) is 0 Å². The minimum atomic E-state index is -0.161. The van der Waals surface area contributed by atoms with Gasteiger partial charge in [-0.05, 0) is 18.0 Å². The lowest BCUT2D eigenvalue weighted by Gasteiger charge is -2.32. The van der Waals surface area contributed by atoms with Gasteiger partial charge in [-0.3, -0.25) is 9.69 Å². The summed E-state index contributed by atoms with van der Waals surface area (Å²) in [7, 11) is 1.61. The predicted molar refractivity (Wildman–Crippen MR) is 82.9 cm³/mol. The standard InChI is InChI=1S/C13H21N5O2S/c1-15-12(19)10-11(14)16-21-13(10)18-3-2-9(8-18)17-4-6-20-7-5-17/h9H,2-8H2,1H3,(H2,14,16)(H,15,19). The summed E-state index contributed by atoms with van der Waals surface area (Å²) in [5.74, 6) is 0.162. The monoisotopic (exact) mass is 311 g/mol. The first-order chi connectivity index (χ1) is 10.2. The molecule has 21 heavy (non-hydrogen) atoms. The normalized spacial score (nSPS) is 23.5. The zero-order valence-corrected chi connectivity index (χ0v) is 13.0. The summed E-state index contributed by atoms with van der Waals surface area (Å²) in [6.45, 7) is 5.47. The Balaban J connectivity index is 1.72. The summed E-state index contributed by atoms with van der Waals surface area (Å²) in [5.41, 5.74) is 6.37. The molecule has 3 heterocycles. The predicted octanol–water partition coefficient (Wildman–Crippen LogP) is -0.00420. The Hall–Kier alpha value is -1.38. The number of hydrogen-bond donors (Lipinski definition) is 2. The Bertz CT molecular complexity index is 515. The molecule has 2 saturated heterocycles. The minimum absolute atomic E-state index is 0.161. The van der Waals surface area contributed by atoms with Crippen molar-refractivity contribution in [3.05, 3.63) is 5.56 Å². The number of carbonyl (C=O) groups is 1. The molecule has 2 fully saturated rings. The van der Waals surface area contributed by atoms with Crippen LogP contribution in [0, 0.1) is 0 Å². The van der Waals surface area contributed by atoms with E-state index < -0.39 is 0 Å². The number of nitrogens with zero attached hydrogens (tertiary/aromatic N) is 3. The third kappa shape index (κ3) is 2.83. The minimum Gasteiger partial charge on any atom is -0.382 e. The molecular weight excluding hydrogens is 290 g/mol. The first kappa shape index (κ1) is 14.6. The Kier molecular flexibility index (Phi) is 4.27. The quantitative estimate of drug-likeness (QED) is 0.817. The van der Waals surface area contributed by atoms with Gasteiger partial charge < -0.3 is 20.7 Å². The topological polar surface area (TPSA) is 83.7 Å². The molecule has 1 aromatic heterocycles. The number of rotatable bonds is 3. The van der Waals surface area contributed by atoms with Crippen LogP contribution < -0.4 is 16.0 Å². The molecule has 8 heteroatoms. The third-order valence-electron chi connectivity index (χ3n) is 4.17. The van der Waals surface area contributed by atoms with Crippen LogP contribution in [0.15, 0.2) is 0 Å². The van der Waals surface area contributed by atoms with Crippen LogP contribution in [0.1, 0.15) is 16.8 Å². The van der Waals surface area contributed by atoms with Gasteiger partial charge in [0, 0.05) is 39.3 Å². The van der Waals surface area contributed by atoms with Crippen LogP contribution >= 0.6 is 11.5 Å². The van der Waals surface area contributed by atoms with E-state index in [1.807, 2.05) is 0 Å². The highest BCUT2D eigenvalue weighted by Gasteiger charge is 2.32. The Morgan fingerprint density at radius 3 is 2.90 bits per heavy atom. The Labute approximate surface area is 128 Å². The van der Waals surface area contributed by atoms with E-state index in [0.29, 0.717) is 17.4 Å². The van der Waals surface area contributed by atoms with E-state index in [1.165, 1.54) is 11.5 Å². The van der Waals surface area contributed by atoms with Crippen molar-refractivity contribution in [2.24, 2.45) is 0 Å². The molecular formula is C13H21N5O2S. The SMILES string of the molecule is CNC(=O)c1c(N)nsc1N1CCC(N2CCOCC2)C1. The average molecular weight is 311 g/mol. The van der Waals surface area contributed by atoms with Crippen LogP contribution in [0.5, 0.6) is 0 Å². The van der Waals surface area contributed by atoms with Crippen molar-refractivity contribution in [1.82, 2.24) is 14.6 Å². The summed E-state index contributed by atoms with van der Waals surface area (Å²) >= 11 is 1.31. The number of nitrogens with one attached hydrogen (secondary N) is 1. The zero-order valence-electron chi connectivity index (χ0n) is 12.2. The van der Waals surface area contributed by atoms with E-state index in [9.17, 15) is 4.79 Å². The summed E-state index contributed by atoms with van der Waals surface area (Å²) < 4.78 is 9.56.